The molecule has 0 aliphatic carbocycles. The van der Waals surface area contributed by atoms with Crippen molar-refractivity contribution < 1.29 is 40.6 Å². The number of carbonyl (C=O) groups is 1. The minimum atomic E-state index is -4.53. The molecule has 0 saturated carbocycles. The summed E-state index contributed by atoms with van der Waals surface area (Å²) in [6, 6.07) is 8.24. The molecule has 2 aromatic carbocycles. The molecule has 3 rings (SSSR count). The lowest BCUT2D eigenvalue weighted by molar-refractivity contribution is -0.137. The molecule has 12 heteroatoms. The number of nitrogens with one attached hydrogen (secondary N) is 1. The average Bonchev–Trinajstić information content (AvgIpc) is 2.78. The standard InChI is InChI=1S/C20H21F3N2O6S/c1-29-17-6-5-15(12-18(17)32(27,28)25-7-9-30-10-8-25)24-19(26)13-31-16-4-2-3-14(11-16)20(21,22)23/h2-6,11-12H,7-10,13H2,1H3,(H,24,26). The fourth-order valence-electron chi connectivity index (χ4n) is 2.99. The Labute approximate surface area is 182 Å². The molecule has 1 heterocycles. The van der Waals surface area contributed by atoms with Crippen LogP contribution in [0.2, 0.25) is 0 Å². The van der Waals surface area contributed by atoms with Crippen LogP contribution in [0.4, 0.5) is 18.9 Å². The summed E-state index contributed by atoms with van der Waals surface area (Å²) < 4.78 is 81.1. The molecular formula is C20H21F3N2O6S. The first kappa shape index (κ1) is 23.8. The van der Waals surface area contributed by atoms with Crippen molar-refractivity contribution in [2.24, 2.45) is 0 Å². The Morgan fingerprint density at radius 2 is 1.88 bits per heavy atom. The third-order valence-corrected chi connectivity index (χ3v) is 6.49. The van der Waals surface area contributed by atoms with E-state index in [0.717, 1.165) is 12.1 Å². The van der Waals surface area contributed by atoms with E-state index in [1.54, 1.807) is 0 Å². The van der Waals surface area contributed by atoms with Crippen LogP contribution in [0, 0.1) is 0 Å². The minimum absolute atomic E-state index is 0.106. The number of benzene rings is 2. The van der Waals surface area contributed by atoms with Crippen LogP contribution >= 0.6 is 0 Å². The third kappa shape index (κ3) is 5.69. The second-order valence-corrected chi connectivity index (χ2v) is 8.65. The zero-order valence-electron chi connectivity index (χ0n) is 17.0. The summed E-state index contributed by atoms with van der Waals surface area (Å²) in [4.78, 5) is 12.1. The Kier molecular flexibility index (Phi) is 7.26. The minimum Gasteiger partial charge on any atom is -0.495 e. The Morgan fingerprint density at radius 3 is 2.53 bits per heavy atom. The molecular weight excluding hydrogens is 453 g/mol. The first-order chi connectivity index (χ1) is 15.1. The molecule has 1 aliphatic rings. The van der Waals surface area contributed by atoms with Crippen LogP contribution in [0.25, 0.3) is 0 Å². The molecule has 174 valence electrons. The number of ether oxygens (including phenoxy) is 3. The molecule has 32 heavy (non-hydrogen) atoms. The number of hydrogen-bond acceptors (Lipinski definition) is 6. The zero-order chi connectivity index (χ0) is 23.4. The Bertz CT molecular complexity index is 1070. The van der Waals surface area contributed by atoms with E-state index in [1.165, 1.54) is 41.7 Å². The third-order valence-electron chi connectivity index (χ3n) is 4.57. The van der Waals surface area contributed by atoms with Crippen molar-refractivity contribution in [3.05, 3.63) is 48.0 Å². The van der Waals surface area contributed by atoms with Crippen LogP contribution < -0.4 is 14.8 Å². The van der Waals surface area contributed by atoms with Gasteiger partial charge >= 0.3 is 6.18 Å². The van der Waals surface area contributed by atoms with Gasteiger partial charge in [-0.2, -0.15) is 17.5 Å². The lowest BCUT2D eigenvalue weighted by Crippen LogP contribution is -2.40. The molecule has 1 N–H and O–H groups in total. The van der Waals surface area contributed by atoms with Crippen LogP contribution in [0.3, 0.4) is 0 Å². The van der Waals surface area contributed by atoms with Gasteiger partial charge in [-0.3, -0.25) is 4.79 Å². The summed E-state index contributed by atoms with van der Waals surface area (Å²) >= 11 is 0. The zero-order valence-corrected chi connectivity index (χ0v) is 17.8. The highest BCUT2D eigenvalue weighted by molar-refractivity contribution is 7.89. The number of anilines is 1. The molecule has 8 nitrogen and oxygen atoms in total. The molecule has 1 aliphatic heterocycles. The highest BCUT2D eigenvalue weighted by atomic mass is 32.2. The van der Waals surface area contributed by atoms with Gasteiger partial charge in [0.25, 0.3) is 5.91 Å². The predicted molar refractivity (Wildman–Crippen MR) is 108 cm³/mol. The second-order valence-electron chi connectivity index (χ2n) is 6.74. The lowest BCUT2D eigenvalue weighted by Gasteiger charge is -2.26. The summed E-state index contributed by atoms with van der Waals surface area (Å²) in [5.41, 5.74) is -0.737. The van der Waals surface area contributed by atoms with Gasteiger partial charge in [0.15, 0.2) is 6.61 Å². The average molecular weight is 474 g/mol. The summed E-state index contributed by atoms with van der Waals surface area (Å²) in [5.74, 6) is -0.697. The van der Waals surface area contributed by atoms with E-state index in [2.05, 4.69) is 5.32 Å². The SMILES string of the molecule is COc1ccc(NC(=O)COc2cccc(C(F)(F)F)c2)cc1S(=O)(=O)N1CCOCC1. The fraction of sp³-hybridized carbons (Fsp3) is 0.350. The number of amides is 1. The topological polar surface area (TPSA) is 94.2 Å². The number of halogens is 3. The maximum Gasteiger partial charge on any atom is 0.416 e. The van der Waals surface area contributed by atoms with Gasteiger partial charge < -0.3 is 19.5 Å². The van der Waals surface area contributed by atoms with Crippen LogP contribution in [0.5, 0.6) is 11.5 Å². The van der Waals surface area contributed by atoms with Crippen molar-refractivity contribution in [2.45, 2.75) is 11.1 Å². The van der Waals surface area contributed by atoms with E-state index >= 15 is 0 Å². The summed E-state index contributed by atoms with van der Waals surface area (Å²) in [7, 11) is -2.57. The van der Waals surface area contributed by atoms with E-state index in [-0.39, 0.29) is 48.4 Å². The Hall–Kier alpha value is -2.83. The van der Waals surface area contributed by atoms with Gasteiger partial charge in [0, 0.05) is 18.8 Å². The van der Waals surface area contributed by atoms with Crippen molar-refractivity contribution >= 4 is 21.6 Å². The molecule has 0 bridgehead atoms. The Morgan fingerprint density at radius 1 is 1.16 bits per heavy atom. The second kappa shape index (κ2) is 9.76. The summed E-state index contributed by atoms with van der Waals surface area (Å²) in [5, 5.41) is 2.47. The molecule has 1 saturated heterocycles. The number of sulfonamides is 1. The van der Waals surface area contributed by atoms with Gasteiger partial charge in [-0.15, -0.1) is 0 Å². The highest BCUT2D eigenvalue weighted by Gasteiger charge is 2.31. The van der Waals surface area contributed by atoms with Crippen molar-refractivity contribution in [1.82, 2.24) is 4.31 Å². The molecule has 1 amide bonds. The van der Waals surface area contributed by atoms with Crippen molar-refractivity contribution in [3.63, 3.8) is 0 Å². The van der Waals surface area contributed by atoms with Crippen LogP contribution in [-0.4, -0.2) is 58.7 Å². The monoisotopic (exact) mass is 474 g/mol. The van der Waals surface area contributed by atoms with E-state index in [0.29, 0.717) is 0 Å². The first-order valence-electron chi connectivity index (χ1n) is 9.47. The number of nitrogens with zero attached hydrogens (tertiary/aromatic N) is 1. The molecule has 0 radical (unpaired) electrons. The van der Waals surface area contributed by atoms with E-state index in [9.17, 15) is 26.4 Å². The maximum absolute atomic E-state index is 13.0. The molecule has 2 aromatic rings. The quantitative estimate of drug-likeness (QED) is 0.663. The van der Waals surface area contributed by atoms with Crippen molar-refractivity contribution in [1.29, 1.82) is 0 Å². The number of rotatable bonds is 7. The van der Waals surface area contributed by atoms with Gasteiger partial charge in [-0.1, -0.05) is 6.07 Å². The van der Waals surface area contributed by atoms with E-state index < -0.39 is 34.3 Å². The van der Waals surface area contributed by atoms with Crippen LogP contribution in [0.1, 0.15) is 5.56 Å². The first-order valence-corrected chi connectivity index (χ1v) is 10.9. The number of hydrogen-bond donors (Lipinski definition) is 1. The molecule has 0 atom stereocenters. The van der Waals surface area contributed by atoms with Crippen LogP contribution in [-0.2, 0) is 25.7 Å². The van der Waals surface area contributed by atoms with Gasteiger partial charge in [0.1, 0.15) is 16.4 Å². The van der Waals surface area contributed by atoms with Gasteiger partial charge in [-0.05, 0) is 36.4 Å². The predicted octanol–water partition coefficient (Wildman–Crippen LogP) is 2.75. The van der Waals surface area contributed by atoms with Crippen molar-refractivity contribution in [2.75, 3.05) is 45.3 Å². The smallest absolute Gasteiger partial charge is 0.416 e. The van der Waals surface area contributed by atoms with Crippen molar-refractivity contribution in [3.8, 4) is 11.5 Å². The van der Waals surface area contributed by atoms with E-state index in [1.807, 2.05) is 0 Å². The number of carbonyl (C=O) groups excluding carboxylic acids is 1. The van der Waals surface area contributed by atoms with Gasteiger partial charge in [0.05, 0.1) is 25.9 Å². The molecule has 0 aromatic heterocycles. The normalized spacial score (nSPS) is 15.2. The summed E-state index contributed by atoms with van der Waals surface area (Å²) in [6.45, 7) is 0.342. The summed E-state index contributed by atoms with van der Waals surface area (Å²) in [6.07, 6.45) is -4.53. The number of morpholine rings is 1. The number of alkyl halides is 3. The van der Waals surface area contributed by atoms with Gasteiger partial charge in [-0.25, -0.2) is 8.42 Å². The van der Waals surface area contributed by atoms with Gasteiger partial charge in [0.2, 0.25) is 10.0 Å². The number of methoxy groups -OCH3 is 1. The lowest BCUT2D eigenvalue weighted by atomic mass is 10.2. The molecule has 1 fully saturated rings. The highest BCUT2D eigenvalue weighted by Crippen LogP contribution is 2.32. The molecule has 0 unspecified atom stereocenters. The van der Waals surface area contributed by atoms with E-state index in [4.69, 9.17) is 14.2 Å². The maximum atomic E-state index is 13.0. The Balaban J connectivity index is 1.71. The molecule has 0 spiro atoms. The fourth-order valence-corrected chi connectivity index (χ4v) is 4.58. The largest absolute Gasteiger partial charge is 0.495 e. The van der Waals surface area contributed by atoms with Crippen LogP contribution in [0.15, 0.2) is 47.4 Å².